The maximum Gasteiger partial charge on any atom is 0.328 e. The Morgan fingerprint density at radius 1 is 1.32 bits per heavy atom. The lowest BCUT2D eigenvalue weighted by Gasteiger charge is -2.35. The topological polar surface area (TPSA) is 75.2 Å². The molecule has 1 aliphatic rings. The fraction of sp³-hybridized carbons (Fsp3) is 0.615. The highest BCUT2D eigenvalue weighted by Crippen LogP contribution is 2.20. The molecule has 0 saturated carbocycles. The average Bonchev–Trinajstić information content (AvgIpc) is 2.31. The smallest absolute Gasteiger partial charge is 0.328 e. The molecule has 0 spiro atoms. The first-order valence-corrected chi connectivity index (χ1v) is 6.53. The van der Waals surface area contributed by atoms with Crippen LogP contribution in [-0.2, 0) is 11.3 Å². The molecule has 104 valence electrons. The third kappa shape index (κ3) is 3.33. The number of aromatic nitrogens is 2. The van der Waals surface area contributed by atoms with Gasteiger partial charge in [-0.3, -0.25) is 19.1 Å². The van der Waals surface area contributed by atoms with E-state index in [0.29, 0.717) is 11.8 Å². The van der Waals surface area contributed by atoms with Gasteiger partial charge in [0.2, 0.25) is 5.91 Å². The van der Waals surface area contributed by atoms with Crippen LogP contribution in [0.15, 0.2) is 21.9 Å². The SMILES string of the molecule is CC1CC(C)CN(C(=O)Cn2ccc(=O)[nH]c2=O)C1. The molecule has 1 aliphatic heterocycles. The van der Waals surface area contributed by atoms with Crippen LogP contribution >= 0.6 is 0 Å². The van der Waals surface area contributed by atoms with E-state index in [9.17, 15) is 14.4 Å². The molecule has 2 heterocycles. The summed E-state index contributed by atoms with van der Waals surface area (Å²) >= 11 is 0. The lowest BCUT2D eigenvalue weighted by Crippen LogP contribution is -2.45. The Bertz CT molecular complexity index is 565. The maximum absolute atomic E-state index is 12.2. The quantitative estimate of drug-likeness (QED) is 0.820. The first-order chi connectivity index (χ1) is 8.95. The Morgan fingerprint density at radius 2 is 1.95 bits per heavy atom. The van der Waals surface area contributed by atoms with Gasteiger partial charge in [-0.05, 0) is 18.3 Å². The lowest BCUT2D eigenvalue weighted by molar-refractivity contribution is -0.134. The summed E-state index contributed by atoms with van der Waals surface area (Å²) < 4.78 is 1.23. The van der Waals surface area contributed by atoms with E-state index in [2.05, 4.69) is 18.8 Å². The Balaban J connectivity index is 2.08. The number of carbonyl (C=O) groups excluding carboxylic acids is 1. The van der Waals surface area contributed by atoms with Crippen molar-refractivity contribution in [3.05, 3.63) is 33.1 Å². The summed E-state index contributed by atoms with van der Waals surface area (Å²) in [5.41, 5.74) is -0.993. The van der Waals surface area contributed by atoms with E-state index in [1.165, 1.54) is 16.8 Å². The van der Waals surface area contributed by atoms with Crippen LogP contribution in [0.25, 0.3) is 0 Å². The van der Waals surface area contributed by atoms with Crippen LogP contribution in [0, 0.1) is 11.8 Å². The number of hydrogen-bond acceptors (Lipinski definition) is 3. The second-order valence-corrected chi connectivity index (χ2v) is 5.48. The van der Waals surface area contributed by atoms with E-state index < -0.39 is 11.2 Å². The first-order valence-electron chi connectivity index (χ1n) is 6.53. The zero-order valence-electron chi connectivity index (χ0n) is 11.3. The van der Waals surface area contributed by atoms with Gasteiger partial charge in [0, 0.05) is 25.4 Å². The fourth-order valence-corrected chi connectivity index (χ4v) is 2.68. The summed E-state index contributed by atoms with van der Waals surface area (Å²) in [4.78, 5) is 38.6. The molecular weight excluding hydrogens is 246 g/mol. The standard InChI is InChI=1S/C13H19N3O3/c1-9-5-10(2)7-16(6-9)12(18)8-15-4-3-11(17)14-13(15)19/h3-4,9-10H,5-8H2,1-2H3,(H,14,17,19). The Kier molecular flexibility index (Phi) is 3.87. The summed E-state index contributed by atoms with van der Waals surface area (Å²) in [6.45, 7) is 5.71. The minimum Gasteiger partial charge on any atom is -0.341 e. The monoisotopic (exact) mass is 265 g/mol. The molecule has 0 bridgehead atoms. The van der Waals surface area contributed by atoms with Gasteiger partial charge in [0.15, 0.2) is 0 Å². The summed E-state index contributed by atoms with van der Waals surface area (Å²) in [7, 11) is 0. The molecule has 1 aromatic rings. The number of aromatic amines is 1. The second kappa shape index (κ2) is 5.42. The largest absolute Gasteiger partial charge is 0.341 e. The van der Waals surface area contributed by atoms with Crippen LogP contribution in [0.3, 0.4) is 0 Å². The zero-order chi connectivity index (χ0) is 14.0. The number of rotatable bonds is 2. The molecule has 0 aromatic carbocycles. The molecule has 0 radical (unpaired) electrons. The van der Waals surface area contributed by atoms with Gasteiger partial charge in [-0.2, -0.15) is 0 Å². The van der Waals surface area contributed by atoms with Crippen LogP contribution < -0.4 is 11.2 Å². The van der Waals surface area contributed by atoms with Crippen LogP contribution in [0.4, 0.5) is 0 Å². The third-order valence-corrected chi connectivity index (χ3v) is 3.42. The summed E-state index contributed by atoms with van der Waals surface area (Å²) in [6, 6.07) is 1.25. The summed E-state index contributed by atoms with van der Waals surface area (Å²) in [5, 5.41) is 0. The third-order valence-electron chi connectivity index (χ3n) is 3.42. The van der Waals surface area contributed by atoms with Crippen LogP contribution in [-0.4, -0.2) is 33.4 Å². The van der Waals surface area contributed by atoms with E-state index in [-0.39, 0.29) is 12.5 Å². The molecule has 2 atom stereocenters. The molecule has 1 saturated heterocycles. The highest BCUT2D eigenvalue weighted by Gasteiger charge is 2.25. The molecule has 1 amide bonds. The number of nitrogens with one attached hydrogen (secondary N) is 1. The minimum atomic E-state index is -0.543. The van der Waals surface area contributed by atoms with Crippen molar-refractivity contribution in [2.45, 2.75) is 26.8 Å². The molecule has 6 nitrogen and oxygen atoms in total. The number of piperidine rings is 1. The molecule has 19 heavy (non-hydrogen) atoms. The van der Waals surface area contributed by atoms with E-state index in [4.69, 9.17) is 0 Å². The predicted octanol–water partition coefficient (Wildman–Crippen LogP) is 0.0411. The molecule has 1 fully saturated rings. The van der Waals surface area contributed by atoms with Crippen molar-refractivity contribution in [1.82, 2.24) is 14.5 Å². The van der Waals surface area contributed by atoms with Gasteiger partial charge in [0.25, 0.3) is 5.56 Å². The molecule has 2 unspecified atom stereocenters. The van der Waals surface area contributed by atoms with E-state index in [1.54, 1.807) is 4.90 Å². The van der Waals surface area contributed by atoms with Gasteiger partial charge in [0.1, 0.15) is 6.54 Å². The lowest BCUT2D eigenvalue weighted by atomic mass is 9.92. The van der Waals surface area contributed by atoms with Crippen molar-refractivity contribution < 1.29 is 4.79 Å². The highest BCUT2D eigenvalue weighted by molar-refractivity contribution is 5.76. The van der Waals surface area contributed by atoms with Gasteiger partial charge >= 0.3 is 5.69 Å². The number of hydrogen-bond donors (Lipinski definition) is 1. The van der Waals surface area contributed by atoms with Crippen molar-refractivity contribution in [1.29, 1.82) is 0 Å². The first kappa shape index (κ1) is 13.6. The minimum absolute atomic E-state index is 0.0188. The normalized spacial score (nSPS) is 23.4. The van der Waals surface area contributed by atoms with Gasteiger partial charge in [-0.15, -0.1) is 0 Å². The Morgan fingerprint density at radius 3 is 2.53 bits per heavy atom. The number of carbonyl (C=O) groups is 1. The zero-order valence-corrected chi connectivity index (χ0v) is 11.3. The molecular formula is C13H19N3O3. The molecule has 0 aliphatic carbocycles. The molecule has 1 aromatic heterocycles. The molecule has 2 rings (SSSR count). The van der Waals surface area contributed by atoms with Crippen LogP contribution in [0.5, 0.6) is 0 Å². The van der Waals surface area contributed by atoms with Gasteiger partial charge in [-0.25, -0.2) is 4.79 Å². The van der Waals surface area contributed by atoms with Gasteiger partial charge in [0.05, 0.1) is 0 Å². The van der Waals surface area contributed by atoms with Crippen molar-refractivity contribution in [2.75, 3.05) is 13.1 Å². The molecule has 1 N–H and O–H groups in total. The van der Waals surface area contributed by atoms with Crippen molar-refractivity contribution in [3.8, 4) is 0 Å². The van der Waals surface area contributed by atoms with E-state index in [1.807, 2.05) is 0 Å². The average molecular weight is 265 g/mol. The fourth-order valence-electron chi connectivity index (χ4n) is 2.68. The van der Waals surface area contributed by atoms with Crippen molar-refractivity contribution >= 4 is 5.91 Å². The number of H-pyrrole nitrogens is 1. The highest BCUT2D eigenvalue weighted by atomic mass is 16.2. The maximum atomic E-state index is 12.2. The number of likely N-dealkylation sites (tertiary alicyclic amines) is 1. The van der Waals surface area contributed by atoms with Crippen molar-refractivity contribution in [3.63, 3.8) is 0 Å². The van der Waals surface area contributed by atoms with E-state index >= 15 is 0 Å². The summed E-state index contributed by atoms with van der Waals surface area (Å²) in [6.07, 6.45) is 2.48. The number of amides is 1. The van der Waals surface area contributed by atoms with E-state index in [0.717, 1.165) is 19.5 Å². The van der Waals surface area contributed by atoms with Crippen molar-refractivity contribution in [2.24, 2.45) is 11.8 Å². The molecule has 6 heteroatoms. The predicted molar refractivity (Wildman–Crippen MR) is 70.8 cm³/mol. The summed E-state index contributed by atoms with van der Waals surface area (Å²) in [5.74, 6) is 0.896. The van der Waals surface area contributed by atoms with Crippen LogP contribution in [0.2, 0.25) is 0 Å². The Hall–Kier alpha value is -1.85. The van der Waals surface area contributed by atoms with Crippen LogP contribution in [0.1, 0.15) is 20.3 Å². The number of nitrogens with zero attached hydrogens (tertiary/aromatic N) is 2. The second-order valence-electron chi connectivity index (χ2n) is 5.48. The van der Waals surface area contributed by atoms with Gasteiger partial charge in [-0.1, -0.05) is 13.8 Å². The van der Waals surface area contributed by atoms with Gasteiger partial charge < -0.3 is 4.90 Å². The Labute approximate surface area is 111 Å².